The number of para-hydroxylation sites is 2. The lowest BCUT2D eigenvalue weighted by Gasteiger charge is -2.27. The monoisotopic (exact) mass is 481 g/mol. The summed E-state index contributed by atoms with van der Waals surface area (Å²) in [4.78, 5) is 19.4. The van der Waals surface area contributed by atoms with E-state index >= 15 is 0 Å². The summed E-state index contributed by atoms with van der Waals surface area (Å²) in [6, 6.07) is 33.4. The molecule has 1 amide bonds. The first-order valence-electron chi connectivity index (χ1n) is 12.7. The number of benzene rings is 4. The van der Waals surface area contributed by atoms with Crippen molar-refractivity contribution in [2.45, 2.75) is 19.5 Å². The first-order valence-corrected chi connectivity index (χ1v) is 12.7. The van der Waals surface area contributed by atoms with E-state index in [1.807, 2.05) is 30.5 Å². The first kappa shape index (κ1) is 21.7. The van der Waals surface area contributed by atoms with E-state index in [0.29, 0.717) is 6.54 Å². The summed E-state index contributed by atoms with van der Waals surface area (Å²) >= 11 is 0. The second-order valence-electron chi connectivity index (χ2n) is 9.99. The van der Waals surface area contributed by atoms with Crippen LogP contribution in [0.25, 0.3) is 33.1 Å². The minimum Gasteiger partial charge on any atom is -0.361 e. The number of aromatic amines is 1. The Morgan fingerprint density at radius 2 is 1.51 bits per heavy atom. The van der Waals surface area contributed by atoms with Gasteiger partial charge in [-0.05, 0) is 41.8 Å². The largest absolute Gasteiger partial charge is 0.361 e. The maximum atomic E-state index is 14.0. The number of H-pyrrole nitrogens is 1. The number of hydrogen-bond donors (Lipinski definition) is 1. The molecule has 0 spiro atoms. The van der Waals surface area contributed by atoms with Gasteiger partial charge in [0.1, 0.15) is 0 Å². The molecule has 1 aliphatic heterocycles. The molecule has 4 heteroatoms. The molecule has 1 aliphatic rings. The molecule has 0 saturated carbocycles. The summed E-state index contributed by atoms with van der Waals surface area (Å²) in [5.74, 6) is 0.0775. The van der Waals surface area contributed by atoms with E-state index < -0.39 is 0 Å². The van der Waals surface area contributed by atoms with Crippen LogP contribution in [0.15, 0.2) is 103 Å². The normalized spacial score (nSPS) is 15.1. The molecule has 0 bridgehead atoms. The van der Waals surface area contributed by atoms with Gasteiger partial charge in [-0.1, -0.05) is 84.4 Å². The average molecular weight is 482 g/mol. The number of rotatable bonds is 4. The van der Waals surface area contributed by atoms with Gasteiger partial charge in [-0.2, -0.15) is 0 Å². The number of aromatic nitrogens is 2. The second kappa shape index (κ2) is 8.24. The molecule has 1 atom stereocenters. The highest BCUT2D eigenvalue weighted by Crippen LogP contribution is 2.47. The third-order valence-electron chi connectivity index (χ3n) is 7.82. The summed E-state index contributed by atoms with van der Waals surface area (Å²) < 4.78 is 2.28. The number of carbonyl (C=O) groups excluding carboxylic acids is 1. The lowest BCUT2D eigenvalue weighted by Crippen LogP contribution is -2.28. The number of nitrogens with zero attached hydrogens (tertiary/aromatic N) is 2. The molecule has 3 heterocycles. The third kappa shape index (κ3) is 3.26. The molecule has 37 heavy (non-hydrogen) atoms. The SMILES string of the molecule is Cc1ccc(-c2c([C@@H]3c4ccccc4C(=O)N3Cc3c[nH]c4ccccc34)c3ccccc3n2C)cc1. The summed E-state index contributed by atoms with van der Waals surface area (Å²) in [7, 11) is 2.13. The molecular weight excluding hydrogens is 454 g/mol. The van der Waals surface area contributed by atoms with Crippen molar-refractivity contribution in [2.75, 3.05) is 0 Å². The molecule has 1 N–H and O–H groups in total. The second-order valence-corrected chi connectivity index (χ2v) is 9.99. The summed E-state index contributed by atoms with van der Waals surface area (Å²) in [5, 5.41) is 2.33. The highest BCUT2D eigenvalue weighted by atomic mass is 16.2. The number of fused-ring (bicyclic) bond motifs is 3. The summed E-state index contributed by atoms with van der Waals surface area (Å²) in [6.45, 7) is 2.64. The molecule has 0 unspecified atom stereocenters. The van der Waals surface area contributed by atoms with Crippen molar-refractivity contribution in [3.05, 3.63) is 131 Å². The Morgan fingerprint density at radius 1 is 0.811 bits per heavy atom. The molecule has 0 aliphatic carbocycles. The van der Waals surface area contributed by atoms with Crippen LogP contribution in [0.1, 0.15) is 38.7 Å². The summed E-state index contributed by atoms with van der Waals surface area (Å²) in [5.41, 5.74) is 9.95. The van der Waals surface area contributed by atoms with Gasteiger partial charge in [0.2, 0.25) is 0 Å². The van der Waals surface area contributed by atoms with Gasteiger partial charge in [0.25, 0.3) is 5.91 Å². The van der Waals surface area contributed by atoms with Gasteiger partial charge in [0.15, 0.2) is 0 Å². The molecule has 2 aromatic heterocycles. The van der Waals surface area contributed by atoms with E-state index in [1.54, 1.807) is 0 Å². The maximum absolute atomic E-state index is 14.0. The van der Waals surface area contributed by atoms with E-state index in [1.165, 1.54) is 16.5 Å². The van der Waals surface area contributed by atoms with E-state index in [0.717, 1.165) is 44.4 Å². The lowest BCUT2D eigenvalue weighted by atomic mass is 9.92. The molecule has 6 aromatic rings. The highest BCUT2D eigenvalue weighted by molar-refractivity contribution is 6.02. The van der Waals surface area contributed by atoms with E-state index in [2.05, 4.69) is 101 Å². The van der Waals surface area contributed by atoms with Crippen LogP contribution in [0.3, 0.4) is 0 Å². The zero-order valence-corrected chi connectivity index (χ0v) is 20.9. The fourth-order valence-electron chi connectivity index (χ4n) is 6.05. The Bertz CT molecular complexity index is 1810. The minimum atomic E-state index is -0.195. The quantitative estimate of drug-likeness (QED) is 0.280. The standard InChI is InChI=1S/C33H27N3O/c1-21-15-17-22(18-16-21)31-30(27-12-6-8-14-29(27)35(31)2)32-25-10-3-4-11-26(25)33(37)36(32)20-23-19-34-28-13-7-5-9-24(23)28/h3-19,32,34H,20H2,1-2H3/t32-/m0/s1. The summed E-state index contributed by atoms with van der Waals surface area (Å²) in [6.07, 6.45) is 2.04. The van der Waals surface area contributed by atoms with Crippen LogP contribution in [0.5, 0.6) is 0 Å². The van der Waals surface area contributed by atoms with Gasteiger partial charge in [0, 0.05) is 52.7 Å². The van der Waals surface area contributed by atoms with Crippen LogP contribution in [-0.2, 0) is 13.6 Å². The van der Waals surface area contributed by atoms with Crippen molar-refractivity contribution in [3.8, 4) is 11.3 Å². The fourth-order valence-corrected chi connectivity index (χ4v) is 6.05. The minimum absolute atomic E-state index is 0.0775. The average Bonchev–Trinajstić information content (AvgIpc) is 3.56. The van der Waals surface area contributed by atoms with E-state index in [4.69, 9.17) is 0 Å². The van der Waals surface area contributed by atoms with Gasteiger partial charge >= 0.3 is 0 Å². The van der Waals surface area contributed by atoms with Crippen molar-refractivity contribution < 1.29 is 4.79 Å². The molecule has 4 nitrogen and oxygen atoms in total. The van der Waals surface area contributed by atoms with Gasteiger partial charge in [-0.3, -0.25) is 4.79 Å². The number of carbonyl (C=O) groups is 1. The molecular formula is C33H27N3O. The van der Waals surface area contributed by atoms with Gasteiger partial charge in [-0.15, -0.1) is 0 Å². The van der Waals surface area contributed by atoms with E-state index in [-0.39, 0.29) is 11.9 Å². The predicted molar refractivity (Wildman–Crippen MR) is 150 cm³/mol. The van der Waals surface area contributed by atoms with Crippen molar-refractivity contribution in [2.24, 2.45) is 7.05 Å². The van der Waals surface area contributed by atoms with Crippen LogP contribution in [0.4, 0.5) is 0 Å². The topological polar surface area (TPSA) is 41.0 Å². The first-order chi connectivity index (χ1) is 18.1. The number of aryl methyl sites for hydroxylation is 2. The fraction of sp³-hybridized carbons (Fsp3) is 0.121. The van der Waals surface area contributed by atoms with Crippen molar-refractivity contribution in [3.63, 3.8) is 0 Å². The van der Waals surface area contributed by atoms with Crippen LogP contribution in [0.2, 0.25) is 0 Å². The van der Waals surface area contributed by atoms with Crippen molar-refractivity contribution in [1.29, 1.82) is 0 Å². The van der Waals surface area contributed by atoms with E-state index in [9.17, 15) is 4.79 Å². The van der Waals surface area contributed by atoms with Crippen molar-refractivity contribution >= 4 is 27.7 Å². The van der Waals surface area contributed by atoms with Gasteiger partial charge in [0.05, 0.1) is 11.7 Å². The number of hydrogen-bond acceptors (Lipinski definition) is 1. The predicted octanol–water partition coefficient (Wildman–Crippen LogP) is 7.38. The number of amides is 1. The number of nitrogens with one attached hydrogen (secondary N) is 1. The molecule has 180 valence electrons. The zero-order chi connectivity index (χ0) is 25.1. The van der Waals surface area contributed by atoms with Crippen LogP contribution >= 0.6 is 0 Å². The van der Waals surface area contributed by atoms with Crippen LogP contribution < -0.4 is 0 Å². The molecule has 0 saturated heterocycles. The smallest absolute Gasteiger partial charge is 0.255 e. The van der Waals surface area contributed by atoms with Crippen molar-refractivity contribution in [1.82, 2.24) is 14.5 Å². The Hall–Kier alpha value is -4.57. The highest BCUT2D eigenvalue weighted by Gasteiger charge is 2.40. The molecule has 4 aromatic carbocycles. The Kier molecular flexibility index (Phi) is 4.83. The zero-order valence-electron chi connectivity index (χ0n) is 20.9. The van der Waals surface area contributed by atoms with Crippen LogP contribution in [-0.4, -0.2) is 20.4 Å². The molecule has 0 fully saturated rings. The van der Waals surface area contributed by atoms with Crippen LogP contribution in [0, 0.1) is 6.92 Å². The molecule has 7 rings (SSSR count). The maximum Gasteiger partial charge on any atom is 0.255 e. The Morgan fingerprint density at radius 3 is 2.35 bits per heavy atom. The lowest BCUT2D eigenvalue weighted by molar-refractivity contribution is 0.0738. The Labute approximate surface area is 215 Å². The Balaban J connectivity index is 1.49. The van der Waals surface area contributed by atoms with Gasteiger partial charge in [-0.25, -0.2) is 0 Å². The third-order valence-corrected chi connectivity index (χ3v) is 7.82. The van der Waals surface area contributed by atoms with Gasteiger partial charge < -0.3 is 14.5 Å². The molecule has 0 radical (unpaired) electrons.